The number of ether oxygens (including phenoxy) is 2. The van der Waals surface area contributed by atoms with Crippen LogP contribution in [0.1, 0.15) is 0 Å². The average Bonchev–Trinajstić information content (AvgIpc) is 2.89. The lowest BCUT2D eigenvalue weighted by molar-refractivity contribution is 0.462. The summed E-state index contributed by atoms with van der Waals surface area (Å²) >= 11 is 0. The molecule has 2 aliphatic rings. The van der Waals surface area contributed by atoms with Crippen LogP contribution >= 0.6 is 7.14 Å². The zero-order valence-electron chi connectivity index (χ0n) is 18.1. The Kier molecular flexibility index (Phi) is 4.12. The Morgan fingerprint density at radius 1 is 0.441 bits per heavy atom. The van der Waals surface area contributed by atoms with Gasteiger partial charge in [0.05, 0.1) is 10.6 Å². The topological polar surface area (TPSA) is 35.5 Å². The van der Waals surface area contributed by atoms with Crippen LogP contribution in [0, 0.1) is 0 Å². The van der Waals surface area contributed by atoms with E-state index in [0.29, 0.717) is 38.9 Å². The van der Waals surface area contributed by atoms with Crippen LogP contribution in [0.25, 0.3) is 22.3 Å². The van der Waals surface area contributed by atoms with Crippen LogP contribution in [-0.4, -0.2) is 0 Å². The van der Waals surface area contributed by atoms with E-state index in [0.717, 1.165) is 22.3 Å². The normalized spacial score (nSPS) is 16.9. The predicted molar refractivity (Wildman–Crippen MR) is 137 cm³/mol. The fourth-order valence-corrected chi connectivity index (χ4v) is 7.97. The molecule has 0 saturated heterocycles. The van der Waals surface area contributed by atoms with Crippen LogP contribution in [0.5, 0.6) is 23.0 Å². The third kappa shape index (κ3) is 2.74. The first-order valence-electron chi connectivity index (χ1n) is 11.2. The monoisotopic (exact) mass is 458 g/mol. The van der Waals surface area contributed by atoms with Gasteiger partial charge in [-0.05, 0) is 58.7 Å². The van der Waals surface area contributed by atoms with E-state index in [9.17, 15) is 0 Å². The molecule has 0 aromatic heterocycles. The molecule has 2 heterocycles. The van der Waals surface area contributed by atoms with Crippen molar-refractivity contribution in [2.75, 3.05) is 0 Å². The smallest absolute Gasteiger partial charge is 0.185 e. The molecule has 4 heteroatoms. The SMILES string of the molecule is O=P12c3ccc(-c4ccccc4)cc3Oc3cccc(c31)Oc1ccc(-c3ccccc3)cc12. The van der Waals surface area contributed by atoms with Gasteiger partial charge in [0.15, 0.2) is 7.14 Å². The second-order valence-electron chi connectivity index (χ2n) is 8.51. The summed E-state index contributed by atoms with van der Waals surface area (Å²) in [4.78, 5) is 0. The standard InChI is InChI=1S/C30H19O3P/c31-34-28-17-15-22(20-8-3-1-4-9-20)18-27(28)33-26-13-7-12-25(30(26)34)32-24-16-14-23(19-29(24)34)21-10-5-2-6-11-21/h1-19H. The van der Waals surface area contributed by atoms with Crippen molar-refractivity contribution < 1.29 is 14.0 Å². The second kappa shape index (κ2) is 7.21. The number of rotatable bonds is 2. The molecule has 0 aliphatic carbocycles. The Balaban J connectivity index is 1.48. The molecule has 5 aromatic carbocycles. The van der Waals surface area contributed by atoms with Crippen LogP contribution in [0.3, 0.4) is 0 Å². The molecule has 2 aliphatic heterocycles. The molecule has 7 rings (SSSR count). The van der Waals surface area contributed by atoms with Crippen LogP contribution in [0.15, 0.2) is 115 Å². The summed E-state index contributed by atoms with van der Waals surface area (Å²) in [5, 5.41) is 2.07. The first kappa shape index (κ1) is 19.4. The van der Waals surface area contributed by atoms with E-state index in [4.69, 9.17) is 9.47 Å². The molecule has 0 spiro atoms. The minimum Gasteiger partial charge on any atom is -0.456 e. The van der Waals surface area contributed by atoms with E-state index < -0.39 is 7.14 Å². The summed E-state index contributed by atoms with van der Waals surface area (Å²) in [6.45, 7) is 0. The van der Waals surface area contributed by atoms with E-state index in [1.54, 1.807) is 0 Å². The minimum atomic E-state index is -3.22. The van der Waals surface area contributed by atoms with Crippen molar-refractivity contribution >= 4 is 23.1 Å². The van der Waals surface area contributed by atoms with Crippen molar-refractivity contribution in [1.29, 1.82) is 0 Å². The minimum absolute atomic E-state index is 0.592. The van der Waals surface area contributed by atoms with E-state index in [2.05, 4.69) is 24.3 Å². The largest absolute Gasteiger partial charge is 0.456 e. The molecule has 1 atom stereocenters. The molecule has 0 N–H and O–H groups in total. The van der Waals surface area contributed by atoms with Crippen LogP contribution in [0.4, 0.5) is 0 Å². The molecule has 1 unspecified atom stereocenters. The lowest BCUT2D eigenvalue weighted by atomic mass is 10.1. The Bertz CT molecular complexity index is 1620. The van der Waals surface area contributed by atoms with Gasteiger partial charge in [0.25, 0.3) is 0 Å². The third-order valence-electron chi connectivity index (χ3n) is 6.53. The highest BCUT2D eigenvalue weighted by molar-refractivity contribution is 7.86. The molecule has 34 heavy (non-hydrogen) atoms. The number of hydrogen-bond acceptors (Lipinski definition) is 3. The first-order chi connectivity index (χ1) is 16.7. The van der Waals surface area contributed by atoms with E-state index in [1.807, 2.05) is 91.0 Å². The van der Waals surface area contributed by atoms with Gasteiger partial charge < -0.3 is 14.0 Å². The maximum Gasteiger partial charge on any atom is 0.185 e. The highest BCUT2D eigenvalue weighted by Crippen LogP contribution is 2.58. The maximum absolute atomic E-state index is 15.2. The Morgan fingerprint density at radius 2 is 1.03 bits per heavy atom. The molecule has 0 amide bonds. The fourth-order valence-electron chi connectivity index (χ4n) is 4.91. The van der Waals surface area contributed by atoms with Gasteiger partial charge in [-0.2, -0.15) is 0 Å². The first-order valence-corrected chi connectivity index (χ1v) is 12.9. The van der Waals surface area contributed by atoms with Crippen molar-refractivity contribution in [2.24, 2.45) is 0 Å². The van der Waals surface area contributed by atoms with Gasteiger partial charge in [-0.3, -0.25) is 0 Å². The van der Waals surface area contributed by atoms with Gasteiger partial charge in [0.2, 0.25) is 0 Å². The van der Waals surface area contributed by atoms with Crippen LogP contribution < -0.4 is 25.4 Å². The lowest BCUT2D eigenvalue weighted by Crippen LogP contribution is -2.35. The molecule has 5 aromatic rings. The molecule has 0 fully saturated rings. The summed E-state index contributed by atoms with van der Waals surface area (Å²) in [6, 6.07) is 37.9. The lowest BCUT2D eigenvalue weighted by Gasteiger charge is -2.34. The van der Waals surface area contributed by atoms with Crippen molar-refractivity contribution in [3.63, 3.8) is 0 Å². The van der Waals surface area contributed by atoms with Gasteiger partial charge >= 0.3 is 0 Å². The van der Waals surface area contributed by atoms with Gasteiger partial charge in [-0.15, -0.1) is 0 Å². The highest BCUT2D eigenvalue weighted by atomic mass is 31.2. The summed E-state index contributed by atoms with van der Waals surface area (Å²) < 4.78 is 27.8. The average molecular weight is 458 g/mol. The van der Waals surface area contributed by atoms with Crippen LogP contribution in [-0.2, 0) is 4.57 Å². The zero-order chi connectivity index (χ0) is 22.7. The molecular formula is C30H19O3P. The Hall–Kier alpha value is -4.07. The molecule has 162 valence electrons. The Morgan fingerprint density at radius 3 is 1.71 bits per heavy atom. The number of benzene rings is 5. The highest BCUT2D eigenvalue weighted by Gasteiger charge is 2.46. The van der Waals surface area contributed by atoms with Crippen LogP contribution in [0.2, 0.25) is 0 Å². The molecule has 3 nitrogen and oxygen atoms in total. The molecular weight excluding hydrogens is 439 g/mol. The predicted octanol–water partition coefficient (Wildman–Crippen LogP) is 6.87. The summed E-state index contributed by atoms with van der Waals surface area (Å²) in [5.41, 5.74) is 4.19. The summed E-state index contributed by atoms with van der Waals surface area (Å²) in [7, 11) is -3.22. The van der Waals surface area contributed by atoms with E-state index in [1.165, 1.54) is 0 Å². The van der Waals surface area contributed by atoms with Crippen molar-refractivity contribution in [1.82, 2.24) is 0 Å². The van der Waals surface area contributed by atoms with Gasteiger partial charge in [0.1, 0.15) is 28.3 Å². The van der Waals surface area contributed by atoms with E-state index in [-0.39, 0.29) is 0 Å². The summed E-state index contributed by atoms with van der Waals surface area (Å²) in [6.07, 6.45) is 0. The van der Waals surface area contributed by atoms with Crippen molar-refractivity contribution in [3.05, 3.63) is 115 Å². The van der Waals surface area contributed by atoms with Crippen molar-refractivity contribution in [2.45, 2.75) is 0 Å². The number of hydrogen-bond donors (Lipinski definition) is 0. The van der Waals surface area contributed by atoms with Gasteiger partial charge in [-0.1, -0.05) is 78.9 Å². The van der Waals surface area contributed by atoms with Gasteiger partial charge in [0, 0.05) is 0 Å². The maximum atomic E-state index is 15.2. The molecule has 0 saturated carbocycles. The van der Waals surface area contributed by atoms with Gasteiger partial charge in [-0.25, -0.2) is 0 Å². The third-order valence-corrected chi connectivity index (χ3v) is 9.67. The molecule has 0 radical (unpaired) electrons. The fraction of sp³-hybridized carbons (Fsp3) is 0. The van der Waals surface area contributed by atoms with E-state index >= 15 is 4.57 Å². The number of fused-ring (bicyclic) bond motifs is 4. The molecule has 0 bridgehead atoms. The van der Waals surface area contributed by atoms with Crippen molar-refractivity contribution in [3.8, 4) is 45.3 Å². The second-order valence-corrected chi connectivity index (χ2v) is 11.1. The summed E-state index contributed by atoms with van der Waals surface area (Å²) in [5.74, 6) is 2.45. The zero-order valence-corrected chi connectivity index (χ0v) is 19.0. The Labute approximate surface area is 197 Å². The quantitative estimate of drug-likeness (QED) is 0.265.